The number of aryl methyl sites for hydroxylation is 1. The zero-order chi connectivity index (χ0) is 21.7. The van der Waals surface area contributed by atoms with Gasteiger partial charge in [-0.3, -0.25) is 9.10 Å². The van der Waals surface area contributed by atoms with Gasteiger partial charge in [0, 0.05) is 24.1 Å². The molecule has 0 aromatic heterocycles. The van der Waals surface area contributed by atoms with E-state index < -0.39 is 10.0 Å². The van der Waals surface area contributed by atoms with Gasteiger partial charge >= 0.3 is 0 Å². The zero-order valence-corrected chi connectivity index (χ0v) is 18.8. The monoisotopic (exact) mass is 440 g/mol. The Morgan fingerprint density at radius 3 is 2.10 bits per heavy atom. The third-order valence-electron chi connectivity index (χ3n) is 4.78. The van der Waals surface area contributed by atoms with Gasteiger partial charge in [0.2, 0.25) is 0 Å². The number of nitrogens with one attached hydrogen (secondary N) is 1. The first-order chi connectivity index (χ1) is 14.3. The van der Waals surface area contributed by atoms with E-state index in [0.717, 1.165) is 10.5 Å². The Morgan fingerprint density at radius 1 is 0.933 bits per heavy atom. The summed E-state index contributed by atoms with van der Waals surface area (Å²) in [6.07, 6.45) is 1.94. The number of sulfonamides is 1. The number of carbonyl (C=O) groups excluding carboxylic acids is 1. The standard InChI is InChI=1S/C23H24N2O3S2/c1-17-4-6-18(7-5-17)16-24-23(26)19-8-10-20(11-9-19)25(2)30(27,28)22-14-12-21(29-3)13-15-22/h4-15H,16H2,1-3H3,(H,24,26). The lowest BCUT2D eigenvalue weighted by Gasteiger charge is -2.20. The Balaban J connectivity index is 1.68. The molecule has 0 aliphatic heterocycles. The van der Waals surface area contributed by atoms with Gasteiger partial charge in [-0.2, -0.15) is 0 Å². The van der Waals surface area contributed by atoms with Gasteiger partial charge in [-0.15, -0.1) is 11.8 Å². The largest absolute Gasteiger partial charge is 0.348 e. The Morgan fingerprint density at radius 2 is 1.53 bits per heavy atom. The summed E-state index contributed by atoms with van der Waals surface area (Å²) in [5, 5.41) is 2.88. The van der Waals surface area contributed by atoms with Gasteiger partial charge < -0.3 is 5.32 Å². The van der Waals surface area contributed by atoms with Crippen molar-refractivity contribution in [3.63, 3.8) is 0 Å². The van der Waals surface area contributed by atoms with E-state index >= 15 is 0 Å². The molecule has 0 bridgehead atoms. The highest BCUT2D eigenvalue weighted by Crippen LogP contribution is 2.24. The van der Waals surface area contributed by atoms with Crippen LogP contribution in [0.1, 0.15) is 21.5 Å². The van der Waals surface area contributed by atoms with Crippen molar-refractivity contribution in [2.75, 3.05) is 17.6 Å². The second-order valence-electron chi connectivity index (χ2n) is 6.86. The Bertz CT molecular complexity index is 1110. The maximum Gasteiger partial charge on any atom is 0.264 e. The molecule has 30 heavy (non-hydrogen) atoms. The lowest BCUT2D eigenvalue weighted by molar-refractivity contribution is 0.0951. The van der Waals surface area contributed by atoms with Crippen molar-refractivity contribution < 1.29 is 13.2 Å². The molecule has 0 atom stereocenters. The molecule has 0 saturated carbocycles. The molecule has 1 N–H and O–H groups in total. The summed E-state index contributed by atoms with van der Waals surface area (Å²) in [4.78, 5) is 13.6. The van der Waals surface area contributed by atoms with Gasteiger partial charge in [0.05, 0.1) is 10.6 Å². The fraction of sp³-hybridized carbons (Fsp3) is 0.174. The van der Waals surface area contributed by atoms with Crippen molar-refractivity contribution in [2.24, 2.45) is 0 Å². The topological polar surface area (TPSA) is 66.5 Å². The Labute approximate surface area is 182 Å². The summed E-state index contributed by atoms with van der Waals surface area (Å²) in [6.45, 7) is 2.45. The number of rotatable bonds is 7. The molecule has 0 spiro atoms. The number of nitrogens with zero attached hydrogens (tertiary/aromatic N) is 1. The summed E-state index contributed by atoms with van der Waals surface area (Å²) in [5.41, 5.74) is 3.14. The van der Waals surface area contributed by atoms with E-state index in [1.807, 2.05) is 37.4 Å². The Kier molecular flexibility index (Phi) is 6.84. The average Bonchev–Trinajstić information content (AvgIpc) is 2.78. The van der Waals surface area contributed by atoms with Crippen LogP contribution in [0.5, 0.6) is 0 Å². The molecule has 0 saturated heterocycles. The summed E-state index contributed by atoms with van der Waals surface area (Å²) >= 11 is 1.55. The van der Waals surface area contributed by atoms with Gasteiger partial charge in [0.25, 0.3) is 15.9 Å². The van der Waals surface area contributed by atoms with E-state index in [1.54, 1.807) is 60.3 Å². The van der Waals surface area contributed by atoms with Crippen LogP contribution in [0, 0.1) is 6.92 Å². The number of benzene rings is 3. The van der Waals surface area contributed by atoms with Crippen LogP contribution >= 0.6 is 11.8 Å². The summed E-state index contributed by atoms with van der Waals surface area (Å²) < 4.78 is 27.0. The van der Waals surface area contributed by atoms with Crippen LogP contribution in [-0.4, -0.2) is 27.6 Å². The number of hydrogen-bond acceptors (Lipinski definition) is 4. The van der Waals surface area contributed by atoms with Crippen LogP contribution in [0.15, 0.2) is 82.6 Å². The zero-order valence-electron chi connectivity index (χ0n) is 17.1. The Hall–Kier alpha value is -2.77. The smallest absolute Gasteiger partial charge is 0.264 e. The minimum Gasteiger partial charge on any atom is -0.348 e. The predicted octanol–water partition coefficient (Wildman–Crippen LogP) is 4.47. The van der Waals surface area contributed by atoms with E-state index in [2.05, 4.69) is 5.32 Å². The number of carbonyl (C=O) groups is 1. The minimum absolute atomic E-state index is 0.208. The molecule has 0 unspecified atom stereocenters. The van der Waals surface area contributed by atoms with Crippen LogP contribution in [-0.2, 0) is 16.6 Å². The van der Waals surface area contributed by atoms with Gasteiger partial charge in [-0.25, -0.2) is 8.42 Å². The minimum atomic E-state index is -3.68. The number of amides is 1. The SMILES string of the molecule is CSc1ccc(S(=O)(=O)N(C)c2ccc(C(=O)NCc3ccc(C)cc3)cc2)cc1. The number of thioether (sulfide) groups is 1. The summed E-state index contributed by atoms with van der Waals surface area (Å²) in [7, 11) is -2.17. The molecule has 0 aliphatic rings. The lowest BCUT2D eigenvalue weighted by Crippen LogP contribution is -2.27. The van der Waals surface area contributed by atoms with Crippen molar-refractivity contribution in [3.05, 3.63) is 89.5 Å². The highest BCUT2D eigenvalue weighted by Gasteiger charge is 2.21. The van der Waals surface area contributed by atoms with Crippen molar-refractivity contribution in [3.8, 4) is 0 Å². The molecule has 5 nitrogen and oxygen atoms in total. The molecular weight excluding hydrogens is 416 g/mol. The molecule has 3 rings (SSSR count). The van der Waals surface area contributed by atoms with E-state index in [4.69, 9.17) is 0 Å². The van der Waals surface area contributed by atoms with Gasteiger partial charge in [-0.05, 0) is 67.3 Å². The first-order valence-corrected chi connectivity index (χ1v) is 12.0. The molecule has 0 aliphatic carbocycles. The third kappa shape index (κ3) is 5.04. The lowest BCUT2D eigenvalue weighted by atomic mass is 10.1. The van der Waals surface area contributed by atoms with Crippen LogP contribution in [0.25, 0.3) is 0 Å². The van der Waals surface area contributed by atoms with E-state index in [-0.39, 0.29) is 10.8 Å². The van der Waals surface area contributed by atoms with Crippen molar-refractivity contribution in [1.29, 1.82) is 0 Å². The van der Waals surface area contributed by atoms with Crippen LogP contribution in [0.4, 0.5) is 5.69 Å². The summed E-state index contributed by atoms with van der Waals surface area (Å²) in [6, 6.07) is 21.3. The molecule has 0 radical (unpaired) electrons. The van der Waals surface area contributed by atoms with Gasteiger partial charge in [0.1, 0.15) is 0 Å². The molecule has 3 aromatic carbocycles. The number of hydrogen-bond donors (Lipinski definition) is 1. The molecular formula is C23H24N2O3S2. The maximum atomic E-state index is 12.9. The quantitative estimate of drug-likeness (QED) is 0.551. The first kappa shape index (κ1) is 21.9. The molecule has 1 amide bonds. The highest BCUT2D eigenvalue weighted by molar-refractivity contribution is 7.98. The maximum absolute atomic E-state index is 12.9. The van der Waals surface area contributed by atoms with E-state index in [9.17, 15) is 13.2 Å². The predicted molar refractivity (Wildman–Crippen MR) is 123 cm³/mol. The molecule has 7 heteroatoms. The van der Waals surface area contributed by atoms with Crippen molar-refractivity contribution in [1.82, 2.24) is 5.32 Å². The molecule has 0 fully saturated rings. The van der Waals surface area contributed by atoms with Gasteiger partial charge in [-0.1, -0.05) is 29.8 Å². The fourth-order valence-electron chi connectivity index (χ4n) is 2.86. The fourth-order valence-corrected chi connectivity index (χ4v) is 4.46. The average molecular weight is 441 g/mol. The summed E-state index contributed by atoms with van der Waals surface area (Å²) in [5.74, 6) is -0.208. The normalized spacial score (nSPS) is 11.2. The highest BCUT2D eigenvalue weighted by atomic mass is 32.2. The van der Waals surface area contributed by atoms with E-state index in [0.29, 0.717) is 17.8 Å². The third-order valence-corrected chi connectivity index (χ3v) is 7.33. The molecule has 3 aromatic rings. The van der Waals surface area contributed by atoms with Crippen molar-refractivity contribution in [2.45, 2.75) is 23.3 Å². The van der Waals surface area contributed by atoms with E-state index in [1.165, 1.54) is 16.9 Å². The van der Waals surface area contributed by atoms with Crippen LogP contribution in [0.3, 0.4) is 0 Å². The number of anilines is 1. The van der Waals surface area contributed by atoms with Gasteiger partial charge in [0.15, 0.2) is 0 Å². The van der Waals surface area contributed by atoms with Crippen LogP contribution < -0.4 is 9.62 Å². The first-order valence-electron chi connectivity index (χ1n) is 9.38. The van der Waals surface area contributed by atoms with Crippen LogP contribution in [0.2, 0.25) is 0 Å². The molecule has 0 heterocycles. The molecule has 156 valence electrons. The van der Waals surface area contributed by atoms with Crippen molar-refractivity contribution >= 4 is 33.4 Å². The second-order valence-corrected chi connectivity index (χ2v) is 9.71. The second kappa shape index (κ2) is 9.36.